The third-order valence-electron chi connectivity index (χ3n) is 6.57. The van der Waals surface area contributed by atoms with Crippen molar-refractivity contribution >= 4 is 21.6 Å². The Morgan fingerprint density at radius 2 is 1.91 bits per heavy atom. The molecule has 1 aromatic carbocycles. The number of rotatable bonds is 13. The summed E-state index contributed by atoms with van der Waals surface area (Å²) in [4.78, 5) is 16.8. The number of amides is 2. The standard InChI is InChI=1S/C25H44N4O5S/c1-4-25(2,3)18-21-19-28(12-13-29(20-21)24(31)27-11-14-30)22-6-8-23(9-7-22)34-15-5-16-35(32,33)17-10-26/h6-9,21,30H,4-5,10-20,26H2,1-3H3,(H,27,31)/t21-/m0/s1. The van der Waals surface area contributed by atoms with E-state index >= 15 is 0 Å². The molecule has 9 nitrogen and oxygen atoms in total. The summed E-state index contributed by atoms with van der Waals surface area (Å²) in [5, 5.41) is 11.8. The largest absolute Gasteiger partial charge is 0.494 e. The Morgan fingerprint density at radius 3 is 2.54 bits per heavy atom. The van der Waals surface area contributed by atoms with Crippen molar-refractivity contribution in [3.8, 4) is 5.75 Å². The molecule has 200 valence electrons. The average molecular weight is 513 g/mol. The van der Waals surface area contributed by atoms with Crippen LogP contribution in [0.15, 0.2) is 24.3 Å². The molecule has 35 heavy (non-hydrogen) atoms. The predicted molar refractivity (Wildman–Crippen MR) is 141 cm³/mol. The number of carbonyl (C=O) groups excluding carboxylic acids is 1. The van der Waals surface area contributed by atoms with Crippen LogP contribution in [0.25, 0.3) is 0 Å². The maximum Gasteiger partial charge on any atom is 0.317 e. The Morgan fingerprint density at radius 1 is 1.20 bits per heavy atom. The molecule has 0 aromatic heterocycles. The Kier molecular flexibility index (Phi) is 11.6. The summed E-state index contributed by atoms with van der Waals surface area (Å²) in [5.41, 5.74) is 6.59. The first kappa shape index (κ1) is 29.2. The molecule has 0 unspecified atom stereocenters. The summed E-state index contributed by atoms with van der Waals surface area (Å²) in [5.74, 6) is 1.11. The molecular weight excluding hydrogens is 468 g/mol. The Labute approximate surface area is 210 Å². The van der Waals surface area contributed by atoms with Gasteiger partial charge in [-0.1, -0.05) is 27.2 Å². The number of aliphatic hydroxyl groups is 1. The van der Waals surface area contributed by atoms with Gasteiger partial charge in [0, 0.05) is 45.0 Å². The summed E-state index contributed by atoms with van der Waals surface area (Å²) in [6.45, 7) is 10.3. The zero-order valence-electron chi connectivity index (χ0n) is 21.5. The second-order valence-electron chi connectivity index (χ2n) is 10.1. The van der Waals surface area contributed by atoms with Gasteiger partial charge in [0.05, 0.1) is 24.7 Å². The van der Waals surface area contributed by atoms with Crippen LogP contribution in [-0.2, 0) is 9.84 Å². The maximum absolute atomic E-state index is 12.6. The summed E-state index contributed by atoms with van der Waals surface area (Å²) in [7, 11) is -3.10. The zero-order valence-corrected chi connectivity index (χ0v) is 22.4. The molecule has 2 rings (SSSR count). The maximum atomic E-state index is 12.6. The monoisotopic (exact) mass is 512 g/mol. The lowest BCUT2D eigenvalue weighted by molar-refractivity contribution is 0.178. The first-order valence-electron chi connectivity index (χ1n) is 12.6. The van der Waals surface area contributed by atoms with Gasteiger partial charge in [-0.3, -0.25) is 0 Å². The highest BCUT2D eigenvalue weighted by Gasteiger charge is 2.30. The fourth-order valence-corrected chi connectivity index (χ4v) is 5.48. The number of benzene rings is 1. The highest BCUT2D eigenvalue weighted by atomic mass is 32.2. The SMILES string of the molecule is CCC(C)(C)C[C@@H]1CN(C(=O)NCCO)CCN(c2ccc(OCCCS(=O)(=O)CCN)cc2)C1. The molecule has 2 amide bonds. The Balaban J connectivity index is 2.01. The third-order valence-corrected chi connectivity index (χ3v) is 8.34. The average Bonchev–Trinajstić information content (AvgIpc) is 3.03. The fourth-order valence-electron chi connectivity index (χ4n) is 4.36. The molecule has 10 heteroatoms. The van der Waals surface area contributed by atoms with E-state index in [0.717, 1.165) is 31.6 Å². The van der Waals surface area contributed by atoms with Crippen molar-refractivity contribution in [1.29, 1.82) is 0 Å². The first-order valence-corrected chi connectivity index (χ1v) is 14.4. The molecule has 1 saturated heterocycles. The molecule has 0 bridgehead atoms. The summed E-state index contributed by atoms with van der Waals surface area (Å²) >= 11 is 0. The number of ether oxygens (including phenoxy) is 1. The van der Waals surface area contributed by atoms with Gasteiger partial charge in [-0.15, -0.1) is 0 Å². The van der Waals surface area contributed by atoms with Crippen LogP contribution in [0, 0.1) is 11.3 Å². The van der Waals surface area contributed by atoms with Gasteiger partial charge < -0.3 is 30.7 Å². The Bertz CT molecular complexity index is 876. The lowest BCUT2D eigenvalue weighted by atomic mass is 9.80. The number of carbonyl (C=O) groups is 1. The van der Waals surface area contributed by atoms with Gasteiger partial charge in [-0.25, -0.2) is 13.2 Å². The van der Waals surface area contributed by atoms with Crippen molar-refractivity contribution in [3.05, 3.63) is 24.3 Å². The normalized spacial score (nSPS) is 17.2. The number of anilines is 1. The van der Waals surface area contributed by atoms with Crippen LogP contribution in [0.2, 0.25) is 0 Å². The van der Waals surface area contributed by atoms with Crippen LogP contribution in [0.5, 0.6) is 5.75 Å². The van der Waals surface area contributed by atoms with Crippen LogP contribution in [0.3, 0.4) is 0 Å². The number of aliphatic hydroxyl groups excluding tert-OH is 1. The minimum absolute atomic E-state index is 0.00842. The summed E-state index contributed by atoms with van der Waals surface area (Å²) in [6, 6.07) is 7.72. The van der Waals surface area contributed by atoms with Crippen LogP contribution >= 0.6 is 0 Å². The number of hydrogen-bond acceptors (Lipinski definition) is 7. The third kappa shape index (κ3) is 10.2. The van der Waals surface area contributed by atoms with Gasteiger partial charge in [0.2, 0.25) is 0 Å². The lowest BCUT2D eigenvalue weighted by Gasteiger charge is -2.32. The van der Waals surface area contributed by atoms with Gasteiger partial charge >= 0.3 is 6.03 Å². The number of sulfone groups is 1. The molecule has 1 aliphatic rings. The van der Waals surface area contributed by atoms with E-state index in [-0.39, 0.29) is 42.6 Å². The number of nitrogens with one attached hydrogen (secondary N) is 1. The molecule has 0 spiro atoms. The van der Waals surface area contributed by atoms with Crippen LogP contribution < -0.4 is 20.7 Å². The van der Waals surface area contributed by atoms with Gasteiger partial charge in [-0.2, -0.15) is 0 Å². The van der Waals surface area contributed by atoms with Crippen molar-refractivity contribution in [3.63, 3.8) is 0 Å². The first-order chi connectivity index (χ1) is 16.6. The van der Waals surface area contributed by atoms with Crippen molar-refractivity contribution in [1.82, 2.24) is 10.2 Å². The fraction of sp³-hybridized carbons (Fsp3) is 0.720. The van der Waals surface area contributed by atoms with Crippen molar-refractivity contribution in [2.75, 3.05) is 68.9 Å². The van der Waals surface area contributed by atoms with E-state index in [2.05, 4.69) is 31.0 Å². The highest BCUT2D eigenvalue weighted by Crippen LogP contribution is 2.32. The quantitative estimate of drug-likeness (QED) is 0.346. The van der Waals surface area contributed by atoms with E-state index in [0.29, 0.717) is 37.8 Å². The van der Waals surface area contributed by atoms with Crippen molar-refractivity contribution in [2.45, 2.75) is 40.0 Å². The number of nitrogens with two attached hydrogens (primary N) is 1. The Hall–Kier alpha value is -2.04. The number of urea groups is 1. The number of hydrogen-bond donors (Lipinski definition) is 3. The second-order valence-corrected chi connectivity index (χ2v) is 12.4. The summed E-state index contributed by atoms with van der Waals surface area (Å²) < 4.78 is 29.3. The van der Waals surface area contributed by atoms with E-state index in [1.807, 2.05) is 29.2 Å². The molecule has 1 fully saturated rings. The van der Waals surface area contributed by atoms with E-state index in [9.17, 15) is 13.2 Å². The number of nitrogens with zero attached hydrogens (tertiary/aromatic N) is 2. The molecule has 4 N–H and O–H groups in total. The smallest absolute Gasteiger partial charge is 0.317 e. The van der Waals surface area contributed by atoms with E-state index in [1.165, 1.54) is 0 Å². The predicted octanol–water partition coefficient (Wildman–Crippen LogP) is 2.10. The van der Waals surface area contributed by atoms with Gasteiger partial charge in [0.15, 0.2) is 9.84 Å². The molecule has 0 radical (unpaired) electrons. The van der Waals surface area contributed by atoms with E-state index in [4.69, 9.17) is 15.6 Å². The summed E-state index contributed by atoms with van der Waals surface area (Å²) in [6.07, 6.45) is 2.51. The molecular formula is C25H44N4O5S. The molecule has 1 aromatic rings. The van der Waals surface area contributed by atoms with Gasteiger partial charge in [-0.05, 0) is 48.4 Å². The van der Waals surface area contributed by atoms with Gasteiger partial charge in [0.1, 0.15) is 5.75 Å². The van der Waals surface area contributed by atoms with Crippen LogP contribution in [-0.4, -0.2) is 88.4 Å². The topological polar surface area (TPSA) is 125 Å². The lowest BCUT2D eigenvalue weighted by Crippen LogP contribution is -2.44. The highest BCUT2D eigenvalue weighted by molar-refractivity contribution is 7.91. The zero-order chi connectivity index (χ0) is 25.9. The molecule has 0 aliphatic carbocycles. The van der Waals surface area contributed by atoms with Crippen molar-refractivity contribution < 1.29 is 23.1 Å². The van der Waals surface area contributed by atoms with Gasteiger partial charge in [0.25, 0.3) is 0 Å². The van der Waals surface area contributed by atoms with E-state index < -0.39 is 9.84 Å². The minimum Gasteiger partial charge on any atom is -0.494 e. The molecule has 0 saturated carbocycles. The van der Waals surface area contributed by atoms with Crippen LogP contribution in [0.4, 0.5) is 10.5 Å². The second kappa shape index (κ2) is 13.9. The molecule has 1 atom stereocenters. The van der Waals surface area contributed by atoms with E-state index in [1.54, 1.807) is 0 Å². The van der Waals surface area contributed by atoms with Crippen LogP contribution in [0.1, 0.15) is 40.0 Å². The van der Waals surface area contributed by atoms with Crippen molar-refractivity contribution in [2.24, 2.45) is 17.1 Å². The molecule has 1 heterocycles. The molecule has 1 aliphatic heterocycles. The minimum atomic E-state index is -3.10.